The van der Waals surface area contributed by atoms with E-state index in [0.29, 0.717) is 39.0 Å². The van der Waals surface area contributed by atoms with Gasteiger partial charge in [-0.1, -0.05) is 12.1 Å². The van der Waals surface area contributed by atoms with Crippen LogP contribution >= 0.6 is 0 Å². The van der Waals surface area contributed by atoms with Gasteiger partial charge in [0.2, 0.25) is 5.91 Å². The highest BCUT2D eigenvalue weighted by atomic mass is 19.1. The Balaban J connectivity index is 1.17. The van der Waals surface area contributed by atoms with Gasteiger partial charge in [-0.05, 0) is 42.2 Å². The molecule has 0 N–H and O–H groups in total. The van der Waals surface area contributed by atoms with Gasteiger partial charge >= 0.3 is 0 Å². The van der Waals surface area contributed by atoms with Crippen molar-refractivity contribution in [1.82, 2.24) is 9.88 Å². The molecule has 2 fully saturated rings. The van der Waals surface area contributed by atoms with Gasteiger partial charge in [0.15, 0.2) is 5.82 Å². The molecule has 2 aromatic rings. The second-order valence-corrected chi connectivity index (χ2v) is 8.38. The van der Waals surface area contributed by atoms with Gasteiger partial charge < -0.3 is 19.1 Å². The minimum Gasteiger partial charge on any atom is -0.493 e. The molecule has 0 unspecified atom stereocenters. The summed E-state index contributed by atoms with van der Waals surface area (Å²) >= 11 is 0. The summed E-state index contributed by atoms with van der Waals surface area (Å²) in [5, 5.41) is 0. The van der Waals surface area contributed by atoms with Gasteiger partial charge in [-0.25, -0.2) is 9.37 Å². The maximum absolute atomic E-state index is 13.8. The minimum absolute atomic E-state index is 0.0307. The smallest absolute Gasteiger partial charge is 0.250 e. The quantitative estimate of drug-likeness (QED) is 0.773. The number of aromatic nitrogens is 1. The Morgan fingerprint density at radius 3 is 3.07 bits per heavy atom. The van der Waals surface area contributed by atoms with Crippen molar-refractivity contribution in [2.45, 2.75) is 43.8 Å². The second-order valence-electron chi connectivity index (χ2n) is 8.38. The molecular formula is C23H25FN2O4. The molecule has 1 aromatic heterocycles. The monoisotopic (exact) mass is 412 g/mol. The van der Waals surface area contributed by atoms with Crippen LogP contribution in [-0.2, 0) is 22.4 Å². The number of carbonyl (C=O) groups excluding carboxylic acids is 1. The van der Waals surface area contributed by atoms with Crippen LogP contribution in [0.5, 0.6) is 11.6 Å². The number of likely N-dealkylation sites (tertiary alicyclic amines) is 1. The first-order chi connectivity index (χ1) is 14.6. The third-order valence-electron chi connectivity index (χ3n) is 6.09. The van der Waals surface area contributed by atoms with Crippen LogP contribution < -0.4 is 9.47 Å². The second kappa shape index (κ2) is 7.87. The molecular weight excluding hydrogens is 387 g/mol. The van der Waals surface area contributed by atoms with E-state index in [0.717, 1.165) is 30.8 Å². The van der Waals surface area contributed by atoms with Crippen LogP contribution in [0.2, 0.25) is 0 Å². The lowest BCUT2D eigenvalue weighted by atomic mass is 9.84. The fourth-order valence-electron chi connectivity index (χ4n) is 4.56. The third kappa shape index (κ3) is 3.86. The summed E-state index contributed by atoms with van der Waals surface area (Å²) in [4.78, 5) is 18.6. The largest absolute Gasteiger partial charge is 0.493 e. The average Bonchev–Trinajstić information content (AvgIpc) is 2.74. The first kappa shape index (κ1) is 19.3. The molecule has 1 amide bonds. The van der Waals surface area contributed by atoms with E-state index in [9.17, 15) is 9.18 Å². The zero-order valence-corrected chi connectivity index (χ0v) is 16.8. The van der Waals surface area contributed by atoms with Crippen LogP contribution in [0.4, 0.5) is 4.39 Å². The van der Waals surface area contributed by atoms with E-state index in [2.05, 4.69) is 11.1 Å². The SMILES string of the molecule is O=C(Cc1ccc2c(c1)CCCO2)N1CC2(C[C@H](Oc3ncccc3F)CCO2)C1. The van der Waals surface area contributed by atoms with Crippen molar-refractivity contribution in [3.8, 4) is 11.6 Å². The first-order valence-corrected chi connectivity index (χ1v) is 10.5. The summed E-state index contributed by atoms with van der Waals surface area (Å²) in [5.41, 5.74) is 1.80. The number of pyridine rings is 1. The number of amides is 1. The summed E-state index contributed by atoms with van der Waals surface area (Å²) < 4.78 is 31.3. The molecule has 30 heavy (non-hydrogen) atoms. The zero-order chi connectivity index (χ0) is 20.6. The van der Waals surface area contributed by atoms with E-state index in [-0.39, 0.29) is 17.9 Å². The van der Waals surface area contributed by atoms with E-state index in [1.807, 2.05) is 17.0 Å². The average molecular weight is 412 g/mol. The Kier molecular flexibility index (Phi) is 5.06. The number of carbonyl (C=O) groups is 1. The molecule has 4 heterocycles. The molecule has 0 aliphatic carbocycles. The van der Waals surface area contributed by atoms with Crippen LogP contribution in [0.1, 0.15) is 30.4 Å². The fraction of sp³-hybridized carbons (Fsp3) is 0.478. The number of rotatable bonds is 4. The molecule has 6 nitrogen and oxygen atoms in total. The number of ether oxygens (including phenoxy) is 3. The van der Waals surface area contributed by atoms with Crippen LogP contribution in [0.3, 0.4) is 0 Å². The number of benzene rings is 1. The van der Waals surface area contributed by atoms with Crippen LogP contribution in [0.25, 0.3) is 0 Å². The molecule has 3 aliphatic rings. The minimum atomic E-state index is -0.459. The lowest BCUT2D eigenvalue weighted by Crippen LogP contribution is -2.67. The number of fused-ring (bicyclic) bond motifs is 1. The molecule has 1 spiro atoms. The number of hydrogen-bond donors (Lipinski definition) is 0. The van der Waals surface area contributed by atoms with E-state index < -0.39 is 11.4 Å². The fourth-order valence-corrected chi connectivity index (χ4v) is 4.56. The molecule has 0 saturated carbocycles. The lowest BCUT2D eigenvalue weighted by Gasteiger charge is -2.52. The number of hydrogen-bond acceptors (Lipinski definition) is 5. The highest BCUT2D eigenvalue weighted by molar-refractivity contribution is 5.80. The summed E-state index contributed by atoms with van der Waals surface area (Å²) in [6.07, 6.45) is 5.05. The predicted octanol–water partition coefficient (Wildman–Crippen LogP) is 2.93. The maximum atomic E-state index is 13.8. The Labute approximate surface area is 174 Å². The highest BCUT2D eigenvalue weighted by Gasteiger charge is 2.49. The van der Waals surface area contributed by atoms with E-state index in [1.54, 1.807) is 6.07 Å². The maximum Gasteiger partial charge on any atom is 0.250 e. The zero-order valence-electron chi connectivity index (χ0n) is 16.8. The van der Waals surface area contributed by atoms with Gasteiger partial charge in [-0.2, -0.15) is 0 Å². The predicted molar refractivity (Wildman–Crippen MR) is 107 cm³/mol. The molecule has 2 saturated heterocycles. The summed E-state index contributed by atoms with van der Waals surface area (Å²) in [6.45, 7) is 2.39. The summed E-state index contributed by atoms with van der Waals surface area (Å²) in [6, 6.07) is 8.91. The van der Waals surface area contributed by atoms with Gasteiger partial charge in [0.05, 0.1) is 32.7 Å². The van der Waals surface area contributed by atoms with Crippen LogP contribution in [0, 0.1) is 5.82 Å². The molecule has 158 valence electrons. The van der Waals surface area contributed by atoms with E-state index >= 15 is 0 Å². The van der Waals surface area contributed by atoms with Crippen molar-refractivity contribution >= 4 is 5.91 Å². The van der Waals surface area contributed by atoms with Crippen molar-refractivity contribution in [2.24, 2.45) is 0 Å². The Bertz CT molecular complexity index is 945. The Morgan fingerprint density at radius 2 is 2.20 bits per heavy atom. The normalized spacial score (nSPS) is 22.0. The standard InChI is InChI=1S/C23H25FN2O4/c24-19-4-1-8-25-22(19)30-18-7-10-29-23(13-18)14-26(15-23)21(27)12-16-5-6-20-17(11-16)3-2-9-28-20/h1,4-6,8,11,18H,2-3,7,9-10,12-15H2/t18-/m1/s1. The first-order valence-electron chi connectivity index (χ1n) is 10.5. The number of aryl methyl sites for hydroxylation is 1. The molecule has 5 rings (SSSR count). The van der Waals surface area contributed by atoms with Gasteiger partial charge in [0, 0.05) is 19.0 Å². The van der Waals surface area contributed by atoms with Gasteiger partial charge in [0.1, 0.15) is 17.5 Å². The van der Waals surface area contributed by atoms with Crippen molar-refractivity contribution < 1.29 is 23.4 Å². The molecule has 0 radical (unpaired) electrons. The van der Waals surface area contributed by atoms with Crippen molar-refractivity contribution in [2.75, 3.05) is 26.3 Å². The molecule has 3 aliphatic heterocycles. The third-order valence-corrected chi connectivity index (χ3v) is 6.09. The van der Waals surface area contributed by atoms with Gasteiger partial charge in [0.25, 0.3) is 5.88 Å². The number of nitrogens with zero attached hydrogens (tertiary/aromatic N) is 2. The topological polar surface area (TPSA) is 60.9 Å². The van der Waals surface area contributed by atoms with E-state index in [4.69, 9.17) is 14.2 Å². The molecule has 1 aromatic carbocycles. The van der Waals surface area contributed by atoms with Crippen LogP contribution in [0.15, 0.2) is 36.5 Å². The van der Waals surface area contributed by atoms with E-state index in [1.165, 1.54) is 17.8 Å². The van der Waals surface area contributed by atoms with Crippen molar-refractivity contribution in [1.29, 1.82) is 0 Å². The Morgan fingerprint density at radius 1 is 1.30 bits per heavy atom. The van der Waals surface area contributed by atoms with Gasteiger partial charge in [-0.15, -0.1) is 0 Å². The molecule has 1 atom stereocenters. The lowest BCUT2D eigenvalue weighted by molar-refractivity contribution is -0.193. The van der Waals surface area contributed by atoms with Gasteiger partial charge in [-0.3, -0.25) is 4.79 Å². The van der Waals surface area contributed by atoms with Crippen molar-refractivity contribution in [3.63, 3.8) is 0 Å². The highest BCUT2D eigenvalue weighted by Crippen LogP contribution is 2.36. The molecule has 0 bridgehead atoms. The summed E-state index contributed by atoms with van der Waals surface area (Å²) in [7, 11) is 0. The summed E-state index contributed by atoms with van der Waals surface area (Å²) in [5.74, 6) is 0.605. The molecule has 7 heteroatoms. The Hall–Kier alpha value is -2.67. The number of halogens is 1. The van der Waals surface area contributed by atoms with Crippen molar-refractivity contribution in [3.05, 3.63) is 53.5 Å². The van der Waals surface area contributed by atoms with Crippen LogP contribution in [-0.4, -0.2) is 53.8 Å².